The molecular weight excluding hydrogens is 248 g/mol. The second-order valence-electron chi connectivity index (χ2n) is 4.24. The Kier molecular flexibility index (Phi) is 3.97. The number of nitrogens with one attached hydrogen (secondary N) is 2. The second kappa shape index (κ2) is 5.27. The first-order valence-corrected chi connectivity index (χ1v) is 6.88. The smallest absolute Gasteiger partial charge is 0.316 e. The first kappa shape index (κ1) is 12.0. The molecule has 3 unspecified atom stereocenters. The summed E-state index contributed by atoms with van der Waals surface area (Å²) < 4.78 is 0. The van der Waals surface area contributed by atoms with Gasteiger partial charge in [-0.2, -0.15) is 0 Å². The van der Waals surface area contributed by atoms with Crippen molar-refractivity contribution < 1.29 is 9.59 Å². The lowest BCUT2D eigenvalue weighted by atomic mass is 10.1. The van der Waals surface area contributed by atoms with E-state index in [0.29, 0.717) is 11.7 Å². The molecule has 2 fully saturated rings. The first-order valence-electron chi connectivity index (χ1n) is 5.56. The lowest BCUT2D eigenvalue weighted by Gasteiger charge is -2.09. The van der Waals surface area contributed by atoms with E-state index < -0.39 is 0 Å². The fourth-order valence-electron chi connectivity index (χ4n) is 2.19. The average molecular weight is 263 g/mol. The summed E-state index contributed by atoms with van der Waals surface area (Å²) in [5.74, 6) is 0. The normalized spacial score (nSPS) is 32.1. The Hall–Kier alpha value is -0.420. The summed E-state index contributed by atoms with van der Waals surface area (Å²) in [5.41, 5.74) is 0. The highest BCUT2D eigenvalue weighted by Crippen LogP contribution is 2.37. The third kappa shape index (κ3) is 3.04. The number of hydrogen-bond acceptors (Lipinski definition) is 3. The first-order chi connectivity index (χ1) is 7.65. The van der Waals surface area contributed by atoms with Crippen LogP contribution in [0.4, 0.5) is 4.79 Å². The highest BCUT2D eigenvalue weighted by Gasteiger charge is 2.40. The van der Waals surface area contributed by atoms with Gasteiger partial charge in [-0.25, -0.2) is 4.79 Å². The third-order valence-electron chi connectivity index (χ3n) is 2.96. The van der Waals surface area contributed by atoms with Crippen molar-refractivity contribution in [3.8, 4) is 0 Å². The quantitative estimate of drug-likeness (QED) is 0.587. The van der Waals surface area contributed by atoms with E-state index in [1.165, 1.54) is 0 Å². The minimum Gasteiger partial charge on any atom is -0.332 e. The van der Waals surface area contributed by atoms with Gasteiger partial charge in [0, 0.05) is 11.7 Å². The maximum atomic E-state index is 11.0. The van der Waals surface area contributed by atoms with Gasteiger partial charge >= 0.3 is 6.03 Å². The van der Waals surface area contributed by atoms with Gasteiger partial charge in [0.05, 0.1) is 11.4 Å². The number of fused-ring (bicyclic) bond motifs is 1. The van der Waals surface area contributed by atoms with Crippen LogP contribution in [0.5, 0.6) is 0 Å². The number of thioether (sulfide) groups is 1. The minimum absolute atomic E-state index is 0.0475. The summed E-state index contributed by atoms with van der Waals surface area (Å²) >= 11 is 7.10. The van der Waals surface area contributed by atoms with Gasteiger partial charge in [-0.15, -0.1) is 11.8 Å². The third-order valence-corrected chi connectivity index (χ3v) is 4.70. The molecule has 2 heterocycles. The molecule has 0 radical (unpaired) electrons. The lowest BCUT2D eigenvalue weighted by Crippen LogP contribution is -2.27. The Morgan fingerprint density at radius 2 is 2.25 bits per heavy atom. The number of halogens is 1. The van der Waals surface area contributed by atoms with E-state index in [0.717, 1.165) is 25.7 Å². The predicted molar refractivity (Wildman–Crippen MR) is 64.6 cm³/mol. The maximum absolute atomic E-state index is 11.0. The molecule has 0 bridgehead atoms. The van der Waals surface area contributed by atoms with Crippen LogP contribution in [0, 0.1) is 0 Å². The van der Waals surface area contributed by atoms with Gasteiger partial charge in [-0.1, -0.05) is 6.42 Å². The Balaban J connectivity index is 1.63. The van der Waals surface area contributed by atoms with Crippen molar-refractivity contribution in [3.63, 3.8) is 0 Å². The highest BCUT2D eigenvalue weighted by atomic mass is 35.5. The number of carbonyl (C=O) groups is 2. The number of unbranched alkanes of at least 4 members (excludes halogenated alkanes) is 1. The van der Waals surface area contributed by atoms with Crippen molar-refractivity contribution in [2.24, 2.45) is 0 Å². The second-order valence-corrected chi connectivity index (χ2v) is 6.11. The topological polar surface area (TPSA) is 58.2 Å². The van der Waals surface area contributed by atoms with Gasteiger partial charge in [0.25, 0.3) is 0 Å². The molecule has 2 aliphatic heterocycles. The molecular formula is C10H15ClN2O2S. The van der Waals surface area contributed by atoms with Gasteiger partial charge < -0.3 is 10.6 Å². The van der Waals surface area contributed by atoms with E-state index in [1.807, 2.05) is 11.8 Å². The molecule has 6 heteroatoms. The fourth-order valence-corrected chi connectivity index (χ4v) is 3.91. The number of carbonyl (C=O) groups excluding carboxylic acids is 2. The van der Waals surface area contributed by atoms with Crippen LogP contribution in [0.15, 0.2) is 0 Å². The molecule has 3 atom stereocenters. The van der Waals surface area contributed by atoms with Crippen LogP contribution in [0.1, 0.15) is 32.1 Å². The molecule has 2 saturated heterocycles. The van der Waals surface area contributed by atoms with E-state index in [9.17, 15) is 9.59 Å². The number of urea groups is 1. The molecule has 2 aliphatic rings. The molecule has 2 N–H and O–H groups in total. The van der Waals surface area contributed by atoms with Crippen LogP contribution < -0.4 is 10.6 Å². The Morgan fingerprint density at radius 1 is 1.44 bits per heavy atom. The van der Waals surface area contributed by atoms with Gasteiger partial charge in [0.1, 0.15) is 0 Å². The molecule has 0 aromatic carbocycles. The summed E-state index contributed by atoms with van der Waals surface area (Å²) in [6.07, 6.45) is 4.50. The largest absolute Gasteiger partial charge is 0.332 e. The van der Waals surface area contributed by atoms with Crippen LogP contribution in [-0.4, -0.2) is 27.9 Å². The van der Waals surface area contributed by atoms with Crippen molar-refractivity contribution in [1.29, 1.82) is 0 Å². The molecule has 0 aromatic rings. The zero-order valence-electron chi connectivity index (χ0n) is 8.87. The molecule has 90 valence electrons. The van der Waals surface area contributed by atoms with Crippen LogP contribution in [-0.2, 0) is 4.79 Å². The summed E-state index contributed by atoms with van der Waals surface area (Å²) in [7, 11) is 0. The average Bonchev–Trinajstić information content (AvgIpc) is 2.68. The van der Waals surface area contributed by atoms with Gasteiger partial charge in [0.15, 0.2) is 0 Å². The van der Waals surface area contributed by atoms with Crippen molar-refractivity contribution in [2.45, 2.75) is 48.8 Å². The number of hydrogen-bond donors (Lipinski definition) is 2. The summed E-state index contributed by atoms with van der Waals surface area (Å²) in [6, 6.07) is 0.242. The van der Waals surface area contributed by atoms with Crippen molar-refractivity contribution >= 4 is 34.6 Å². The summed E-state index contributed by atoms with van der Waals surface area (Å²) in [4.78, 5) is 21.5. The van der Waals surface area contributed by atoms with E-state index in [4.69, 9.17) is 11.6 Å². The molecule has 0 spiro atoms. The SMILES string of the molecule is O=C(Cl)CCCCC1CC2NC(=O)NC2S1. The Labute approximate surface area is 104 Å². The summed E-state index contributed by atoms with van der Waals surface area (Å²) in [5, 5.41) is 6.39. The van der Waals surface area contributed by atoms with Crippen LogP contribution in [0.3, 0.4) is 0 Å². The van der Waals surface area contributed by atoms with Crippen molar-refractivity contribution in [2.75, 3.05) is 0 Å². The maximum Gasteiger partial charge on any atom is 0.316 e. The lowest BCUT2D eigenvalue weighted by molar-refractivity contribution is -0.111. The fraction of sp³-hybridized carbons (Fsp3) is 0.800. The number of amides is 2. The highest BCUT2D eigenvalue weighted by molar-refractivity contribution is 8.00. The van der Waals surface area contributed by atoms with Gasteiger partial charge in [-0.3, -0.25) is 4.79 Å². The summed E-state index contributed by atoms with van der Waals surface area (Å²) in [6.45, 7) is 0. The van der Waals surface area contributed by atoms with Gasteiger partial charge in [0.2, 0.25) is 5.24 Å². The standard InChI is InChI=1S/C10H15ClN2O2S/c11-8(14)4-2-1-3-6-5-7-9(16-6)13-10(15)12-7/h6-7,9H,1-5H2,(H2,12,13,15). The molecule has 4 nitrogen and oxygen atoms in total. The molecule has 2 amide bonds. The Bertz CT molecular complexity index is 285. The molecule has 2 rings (SSSR count). The van der Waals surface area contributed by atoms with E-state index in [-0.39, 0.29) is 22.7 Å². The Morgan fingerprint density at radius 3 is 2.94 bits per heavy atom. The van der Waals surface area contributed by atoms with Crippen LogP contribution >= 0.6 is 23.4 Å². The molecule has 16 heavy (non-hydrogen) atoms. The zero-order valence-corrected chi connectivity index (χ0v) is 10.4. The van der Waals surface area contributed by atoms with Crippen molar-refractivity contribution in [1.82, 2.24) is 10.6 Å². The zero-order chi connectivity index (χ0) is 11.5. The van der Waals surface area contributed by atoms with Gasteiger partial charge in [-0.05, 0) is 30.9 Å². The van der Waals surface area contributed by atoms with Crippen LogP contribution in [0.2, 0.25) is 0 Å². The minimum atomic E-state index is -0.245. The van der Waals surface area contributed by atoms with E-state index in [1.54, 1.807) is 0 Å². The molecule has 0 aliphatic carbocycles. The van der Waals surface area contributed by atoms with Crippen molar-refractivity contribution in [3.05, 3.63) is 0 Å². The predicted octanol–water partition coefficient (Wildman–Crippen LogP) is 1.83. The van der Waals surface area contributed by atoms with E-state index >= 15 is 0 Å². The van der Waals surface area contributed by atoms with E-state index in [2.05, 4.69) is 10.6 Å². The monoisotopic (exact) mass is 262 g/mol. The molecule has 0 saturated carbocycles. The van der Waals surface area contributed by atoms with Crippen LogP contribution in [0.25, 0.3) is 0 Å². The number of rotatable bonds is 5. The molecule has 0 aromatic heterocycles.